The monoisotopic (exact) mass is 392 g/mol. The van der Waals surface area contributed by atoms with Crippen molar-refractivity contribution in [1.29, 1.82) is 0 Å². The molecule has 0 saturated heterocycles. The largest absolute Gasteiger partial charge is 0.466 e. The van der Waals surface area contributed by atoms with Crippen LogP contribution in [0.5, 0.6) is 0 Å². The van der Waals surface area contributed by atoms with Gasteiger partial charge in [0, 0.05) is 5.57 Å². The van der Waals surface area contributed by atoms with Crippen LogP contribution in [-0.4, -0.2) is 27.5 Å². The lowest BCUT2D eigenvalue weighted by atomic mass is 9.68. The molecule has 0 aliphatic heterocycles. The van der Waals surface area contributed by atoms with Crippen LogP contribution in [0.1, 0.15) is 79.6 Å². The number of esters is 1. The van der Waals surface area contributed by atoms with E-state index in [1.807, 2.05) is 0 Å². The van der Waals surface area contributed by atoms with Gasteiger partial charge in [0.25, 0.3) is 0 Å². The molecule has 0 fully saturated rings. The summed E-state index contributed by atoms with van der Waals surface area (Å²) in [6.45, 7) is 15.9. The first kappa shape index (κ1) is 22.4. The van der Waals surface area contributed by atoms with Crippen molar-refractivity contribution in [1.82, 2.24) is 0 Å². The van der Waals surface area contributed by atoms with Gasteiger partial charge in [0.15, 0.2) is 8.32 Å². The molecule has 0 amide bonds. The Morgan fingerprint density at radius 2 is 2.00 bits per heavy atom. The van der Waals surface area contributed by atoms with Crippen molar-refractivity contribution >= 4 is 14.3 Å². The molecule has 154 valence electrons. The van der Waals surface area contributed by atoms with Crippen LogP contribution in [0.15, 0.2) is 22.8 Å². The summed E-state index contributed by atoms with van der Waals surface area (Å²) >= 11 is 0. The Kier molecular flexibility index (Phi) is 6.84. The second-order valence-corrected chi connectivity index (χ2v) is 15.0. The molecular formula is C23H40O3Si. The SMILES string of the molecule is COC(=O)C1=C(C)CCC[C@@]1(C)CCC1=CCC[C@H]1O[Si](C)(C)C(C)(C)C. The zero-order chi connectivity index (χ0) is 20.5. The molecule has 2 aliphatic carbocycles. The van der Waals surface area contributed by atoms with E-state index in [1.165, 1.54) is 18.3 Å². The van der Waals surface area contributed by atoms with E-state index in [0.717, 1.165) is 50.5 Å². The number of allylic oxidation sites excluding steroid dienone is 2. The number of carbonyl (C=O) groups excluding carboxylic acids is 1. The van der Waals surface area contributed by atoms with Crippen molar-refractivity contribution in [2.75, 3.05) is 7.11 Å². The highest BCUT2D eigenvalue weighted by atomic mass is 28.4. The van der Waals surface area contributed by atoms with Gasteiger partial charge in [-0.15, -0.1) is 0 Å². The van der Waals surface area contributed by atoms with Gasteiger partial charge in [0.05, 0.1) is 13.2 Å². The van der Waals surface area contributed by atoms with E-state index in [9.17, 15) is 4.79 Å². The van der Waals surface area contributed by atoms with Crippen LogP contribution in [0.2, 0.25) is 18.1 Å². The van der Waals surface area contributed by atoms with E-state index in [4.69, 9.17) is 9.16 Å². The summed E-state index contributed by atoms with van der Waals surface area (Å²) in [5.74, 6) is -0.135. The third-order valence-corrected chi connectivity index (χ3v) is 11.6. The molecule has 2 rings (SSSR count). The lowest BCUT2D eigenvalue weighted by molar-refractivity contribution is -0.137. The topological polar surface area (TPSA) is 35.5 Å². The number of methoxy groups -OCH3 is 1. The normalized spacial score (nSPS) is 27.0. The van der Waals surface area contributed by atoms with Crippen LogP contribution in [0.25, 0.3) is 0 Å². The first-order valence-corrected chi connectivity index (χ1v) is 13.5. The van der Waals surface area contributed by atoms with Crippen LogP contribution in [-0.2, 0) is 14.0 Å². The standard InChI is InChI=1S/C23H40O3Si/c1-17-11-10-15-23(5,20(17)21(24)25-6)16-14-18-12-9-13-19(18)26-27(7,8)22(2,3)4/h12,19H,9-11,13-16H2,1-8H3/t19-,23+/m1/s1. The summed E-state index contributed by atoms with van der Waals surface area (Å²) < 4.78 is 11.9. The fraction of sp³-hybridized carbons (Fsp3) is 0.783. The van der Waals surface area contributed by atoms with Gasteiger partial charge in [0.2, 0.25) is 0 Å². The summed E-state index contributed by atoms with van der Waals surface area (Å²) in [6.07, 6.45) is 10.1. The predicted octanol–water partition coefficient (Wildman–Crippen LogP) is 6.56. The Hall–Kier alpha value is -0.873. The molecule has 2 aliphatic rings. The van der Waals surface area contributed by atoms with E-state index in [0.29, 0.717) is 0 Å². The number of hydrogen-bond donors (Lipinski definition) is 0. The second-order valence-electron chi connectivity index (χ2n) is 10.3. The Labute approximate surface area is 167 Å². The van der Waals surface area contributed by atoms with Crippen molar-refractivity contribution in [3.63, 3.8) is 0 Å². The predicted molar refractivity (Wildman–Crippen MR) is 115 cm³/mol. The van der Waals surface area contributed by atoms with Crippen molar-refractivity contribution in [3.05, 3.63) is 22.8 Å². The molecule has 0 saturated carbocycles. The summed E-state index contributed by atoms with van der Waals surface area (Å²) in [5.41, 5.74) is 3.51. The average molecular weight is 393 g/mol. The first-order valence-electron chi connectivity index (χ1n) is 10.6. The number of rotatable bonds is 6. The van der Waals surface area contributed by atoms with Crippen molar-refractivity contribution in [2.45, 2.75) is 104 Å². The molecule has 0 aromatic carbocycles. The van der Waals surface area contributed by atoms with Crippen LogP contribution in [0.4, 0.5) is 0 Å². The van der Waals surface area contributed by atoms with E-state index in [2.05, 4.69) is 53.8 Å². The van der Waals surface area contributed by atoms with Crippen LogP contribution in [0, 0.1) is 5.41 Å². The fourth-order valence-electron chi connectivity index (χ4n) is 4.37. The van der Waals surface area contributed by atoms with Crippen molar-refractivity contribution in [3.8, 4) is 0 Å². The Morgan fingerprint density at radius 1 is 1.33 bits per heavy atom. The molecule has 0 unspecified atom stereocenters. The highest BCUT2D eigenvalue weighted by Crippen LogP contribution is 2.46. The summed E-state index contributed by atoms with van der Waals surface area (Å²) in [5, 5.41) is 0.230. The minimum atomic E-state index is -1.77. The van der Waals surface area contributed by atoms with Crippen molar-refractivity contribution in [2.24, 2.45) is 5.41 Å². The smallest absolute Gasteiger partial charge is 0.334 e. The lowest BCUT2D eigenvalue weighted by Crippen LogP contribution is -2.44. The molecule has 0 aromatic rings. The Bertz CT molecular complexity index is 624. The maximum absolute atomic E-state index is 12.4. The molecule has 0 N–H and O–H groups in total. The molecule has 3 nitrogen and oxygen atoms in total. The minimum absolute atomic E-state index is 0.0830. The van der Waals surface area contributed by atoms with Gasteiger partial charge in [-0.2, -0.15) is 0 Å². The third kappa shape index (κ3) is 4.95. The maximum atomic E-state index is 12.4. The van der Waals surface area contributed by atoms with Gasteiger partial charge < -0.3 is 9.16 Å². The van der Waals surface area contributed by atoms with E-state index in [1.54, 1.807) is 0 Å². The molecule has 0 heterocycles. The lowest BCUT2D eigenvalue weighted by Gasteiger charge is -2.40. The Balaban J connectivity index is 2.10. The van der Waals surface area contributed by atoms with E-state index >= 15 is 0 Å². The molecule has 0 radical (unpaired) electrons. The average Bonchev–Trinajstić information content (AvgIpc) is 2.98. The Morgan fingerprint density at radius 3 is 2.59 bits per heavy atom. The van der Waals surface area contributed by atoms with E-state index in [-0.39, 0.29) is 22.5 Å². The maximum Gasteiger partial charge on any atom is 0.334 e. The highest BCUT2D eigenvalue weighted by Gasteiger charge is 2.41. The highest BCUT2D eigenvalue weighted by molar-refractivity contribution is 6.74. The molecular weight excluding hydrogens is 352 g/mol. The molecule has 0 spiro atoms. The number of hydrogen-bond acceptors (Lipinski definition) is 3. The summed E-state index contributed by atoms with van der Waals surface area (Å²) in [7, 11) is -0.271. The van der Waals surface area contributed by atoms with Crippen LogP contribution < -0.4 is 0 Å². The summed E-state index contributed by atoms with van der Waals surface area (Å²) in [6, 6.07) is 0. The van der Waals surface area contributed by atoms with Gasteiger partial charge in [-0.1, -0.05) is 39.3 Å². The zero-order valence-electron chi connectivity index (χ0n) is 18.8. The zero-order valence-corrected chi connectivity index (χ0v) is 19.8. The van der Waals surface area contributed by atoms with Crippen LogP contribution >= 0.6 is 0 Å². The number of ether oxygens (including phenoxy) is 1. The van der Waals surface area contributed by atoms with Gasteiger partial charge >= 0.3 is 5.97 Å². The van der Waals surface area contributed by atoms with E-state index < -0.39 is 8.32 Å². The summed E-state index contributed by atoms with van der Waals surface area (Å²) in [4.78, 5) is 12.4. The molecule has 4 heteroatoms. The van der Waals surface area contributed by atoms with Gasteiger partial charge in [0.1, 0.15) is 0 Å². The van der Waals surface area contributed by atoms with Crippen molar-refractivity contribution < 1.29 is 14.0 Å². The molecule has 2 atom stereocenters. The fourth-order valence-corrected chi connectivity index (χ4v) is 5.70. The van der Waals surface area contributed by atoms with Gasteiger partial charge in [-0.25, -0.2) is 4.79 Å². The quantitative estimate of drug-likeness (QED) is 0.292. The number of carbonyl (C=O) groups is 1. The molecule has 0 bridgehead atoms. The van der Waals surface area contributed by atoms with Gasteiger partial charge in [-0.3, -0.25) is 0 Å². The second kappa shape index (κ2) is 8.24. The minimum Gasteiger partial charge on any atom is -0.466 e. The van der Waals surface area contributed by atoms with Crippen LogP contribution in [0.3, 0.4) is 0 Å². The van der Waals surface area contributed by atoms with Gasteiger partial charge in [-0.05, 0) is 81.0 Å². The molecule has 0 aromatic heterocycles. The first-order chi connectivity index (χ1) is 12.4. The molecule has 27 heavy (non-hydrogen) atoms. The third-order valence-electron chi connectivity index (χ3n) is 7.16.